The molecular formula is C21H23F3N4O5S. The van der Waals surface area contributed by atoms with Crippen LogP contribution in [0, 0.1) is 10.1 Å². The van der Waals surface area contributed by atoms with E-state index in [1.165, 1.54) is 12.1 Å². The van der Waals surface area contributed by atoms with E-state index in [0.717, 1.165) is 31.5 Å². The number of halogens is 3. The normalized spacial score (nSPS) is 27.1. The number of anilines is 1. The molecule has 0 aliphatic carbocycles. The highest BCUT2D eigenvalue weighted by molar-refractivity contribution is 7.89. The van der Waals surface area contributed by atoms with Crippen molar-refractivity contribution < 1.29 is 31.2 Å². The van der Waals surface area contributed by atoms with Crippen molar-refractivity contribution in [3.63, 3.8) is 0 Å². The molecule has 3 aliphatic heterocycles. The molecule has 0 N–H and O–H groups in total. The number of ether oxygens (including phenoxy) is 1. The van der Waals surface area contributed by atoms with Crippen molar-refractivity contribution in [3.05, 3.63) is 34.5 Å². The number of benzene rings is 1. The van der Waals surface area contributed by atoms with E-state index in [0.29, 0.717) is 25.8 Å². The molecule has 13 heteroatoms. The lowest BCUT2D eigenvalue weighted by molar-refractivity contribution is -0.384. The van der Waals surface area contributed by atoms with Gasteiger partial charge in [0, 0.05) is 30.1 Å². The number of rotatable bonds is 4. The van der Waals surface area contributed by atoms with Crippen LogP contribution in [0.1, 0.15) is 38.5 Å². The molecule has 34 heavy (non-hydrogen) atoms. The molecule has 3 aliphatic rings. The zero-order valence-electron chi connectivity index (χ0n) is 18.1. The van der Waals surface area contributed by atoms with Crippen LogP contribution >= 0.6 is 0 Å². The molecule has 2 aromatic rings. The zero-order chi connectivity index (χ0) is 24.3. The Hall–Kier alpha value is -2.67. The van der Waals surface area contributed by atoms with E-state index in [-0.39, 0.29) is 46.2 Å². The van der Waals surface area contributed by atoms with Gasteiger partial charge in [-0.1, -0.05) is 12.1 Å². The monoisotopic (exact) mass is 500 g/mol. The van der Waals surface area contributed by atoms with E-state index in [1.54, 1.807) is 4.31 Å². The number of piperidine rings is 1. The van der Waals surface area contributed by atoms with Crippen LogP contribution in [0.25, 0.3) is 10.9 Å². The van der Waals surface area contributed by atoms with Crippen LogP contribution in [0.4, 0.5) is 24.5 Å². The summed E-state index contributed by atoms with van der Waals surface area (Å²) in [4.78, 5) is 17.2. The second-order valence-corrected chi connectivity index (χ2v) is 11.0. The number of hydrogen-bond acceptors (Lipinski definition) is 7. The average molecular weight is 500 g/mol. The van der Waals surface area contributed by atoms with Gasteiger partial charge in [0.15, 0.2) is 5.75 Å². The Morgan fingerprint density at radius 2 is 1.82 bits per heavy atom. The minimum atomic E-state index is -4.94. The summed E-state index contributed by atoms with van der Waals surface area (Å²) in [5.74, 6) is -0.395. The van der Waals surface area contributed by atoms with E-state index in [9.17, 15) is 31.7 Å². The molecule has 5 rings (SSSR count). The number of alkyl halides is 3. The van der Waals surface area contributed by atoms with Crippen molar-refractivity contribution in [2.75, 3.05) is 17.2 Å². The van der Waals surface area contributed by atoms with Gasteiger partial charge in [0.25, 0.3) is 0 Å². The van der Waals surface area contributed by atoms with Gasteiger partial charge in [0.05, 0.1) is 10.7 Å². The minimum absolute atomic E-state index is 0.111. The quantitative estimate of drug-likeness (QED) is 0.462. The van der Waals surface area contributed by atoms with Crippen LogP contribution in [0.15, 0.2) is 24.4 Å². The summed E-state index contributed by atoms with van der Waals surface area (Å²) in [6, 6.07) is 3.47. The summed E-state index contributed by atoms with van der Waals surface area (Å²) in [6.45, 7) is 0.475. The summed E-state index contributed by atoms with van der Waals surface area (Å²) in [7, 11) is -3.33. The average Bonchev–Trinajstić information content (AvgIpc) is 3.00. The third-order valence-electron chi connectivity index (χ3n) is 7.00. The maximum absolute atomic E-state index is 12.9. The fraction of sp³-hybridized carbons (Fsp3) is 0.571. The SMILES string of the molecule is O=[N+]([O-])c1cnc2c(OC(F)(F)F)cccc2c1N1C2CCC1CC(N1CCCCS1(=O)=O)C2. The molecule has 1 aromatic heterocycles. The predicted octanol–water partition coefficient (Wildman–Crippen LogP) is 3.97. The standard InChI is InChI=1S/C21H23F3N4O5S/c22-21(23,24)33-18-5-3-4-16-19(18)25-12-17(28(29)30)20(16)27-13-6-7-14(27)11-15(10-13)26-8-1-2-9-34(26,31)32/h3-5,12-15H,1-2,6-11H2. The van der Waals surface area contributed by atoms with Crippen molar-refractivity contribution in [2.24, 2.45) is 0 Å². The smallest absolute Gasteiger partial charge is 0.403 e. The van der Waals surface area contributed by atoms with Crippen LogP contribution in [0.3, 0.4) is 0 Å². The first-order chi connectivity index (χ1) is 16.0. The minimum Gasteiger partial charge on any atom is -0.403 e. The van der Waals surface area contributed by atoms with E-state index in [4.69, 9.17) is 0 Å². The molecule has 0 radical (unpaired) electrons. The Kier molecular flexibility index (Phi) is 5.58. The van der Waals surface area contributed by atoms with Gasteiger partial charge in [-0.2, -0.15) is 4.31 Å². The fourth-order valence-electron chi connectivity index (χ4n) is 5.75. The van der Waals surface area contributed by atoms with Gasteiger partial charge >= 0.3 is 12.0 Å². The van der Waals surface area contributed by atoms with Crippen molar-refractivity contribution >= 4 is 32.3 Å². The first-order valence-electron chi connectivity index (χ1n) is 11.1. The van der Waals surface area contributed by atoms with Crippen molar-refractivity contribution in [1.82, 2.24) is 9.29 Å². The number of nitrogens with zero attached hydrogens (tertiary/aromatic N) is 4. The second-order valence-electron chi connectivity index (χ2n) is 9.00. The van der Waals surface area contributed by atoms with E-state index in [1.807, 2.05) is 4.90 Å². The number of fused-ring (bicyclic) bond motifs is 3. The largest absolute Gasteiger partial charge is 0.573 e. The van der Waals surface area contributed by atoms with Crippen LogP contribution in [0.5, 0.6) is 5.75 Å². The van der Waals surface area contributed by atoms with Gasteiger partial charge in [-0.05, 0) is 44.6 Å². The number of hydrogen-bond donors (Lipinski definition) is 0. The summed E-state index contributed by atoms with van der Waals surface area (Å²) in [5, 5.41) is 12.1. The molecule has 3 fully saturated rings. The third kappa shape index (κ3) is 4.04. The summed E-state index contributed by atoms with van der Waals surface area (Å²) < 4.78 is 69.8. The van der Waals surface area contributed by atoms with E-state index < -0.39 is 27.1 Å². The highest BCUT2D eigenvalue weighted by Crippen LogP contribution is 2.48. The number of sulfonamides is 1. The lowest BCUT2D eigenvalue weighted by Crippen LogP contribution is -2.54. The fourth-order valence-corrected chi connectivity index (χ4v) is 7.59. The number of aromatic nitrogens is 1. The Morgan fingerprint density at radius 3 is 2.44 bits per heavy atom. The topological polar surface area (TPSA) is 106 Å². The van der Waals surface area contributed by atoms with E-state index >= 15 is 0 Å². The van der Waals surface area contributed by atoms with Crippen LogP contribution in [0.2, 0.25) is 0 Å². The molecule has 0 spiro atoms. The van der Waals surface area contributed by atoms with Crippen LogP contribution in [-0.2, 0) is 10.0 Å². The second kappa shape index (κ2) is 8.22. The lowest BCUT2D eigenvalue weighted by Gasteiger charge is -2.44. The molecule has 184 valence electrons. The maximum Gasteiger partial charge on any atom is 0.573 e. The third-order valence-corrected chi connectivity index (χ3v) is 9.00. The van der Waals surface area contributed by atoms with Crippen LogP contribution < -0.4 is 9.64 Å². The van der Waals surface area contributed by atoms with Crippen molar-refractivity contribution in [3.8, 4) is 5.75 Å². The number of para-hydroxylation sites is 1. The molecule has 4 heterocycles. The van der Waals surface area contributed by atoms with Gasteiger partial charge in [-0.15, -0.1) is 13.2 Å². The summed E-state index contributed by atoms with van der Waals surface area (Å²) >= 11 is 0. The Bertz CT molecular complexity index is 1220. The molecule has 9 nitrogen and oxygen atoms in total. The van der Waals surface area contributed by atoms with Crippen LogP contribution in [-0.4, -0.2) is 59.4 Å². The maximum atomic E-state index is 12.9. The molecule has 0 amide bonds. The molecular weight excluding hydrogens is 477 g/mol. The summed E-state index contributed by atoms with van der Waals surface area (Å²) in [6.07, 6.45) is -0.0650. The van der Waals surface area contributed by atoms with Gasteiger partial charge in [-0.3, -0.25) is 10.1 Å². The van der Waals surface area contributed by atoms with E-state index in [2.05, 4.69) is 9.72 Å². The number of nitro groups is 1. The molecule has 0 saturated carbocycles. The Morgan fingerprint density at radius 1 is 1.12 bits per heavy atom. The van der Waals surface area contributed by atoms with Gasteiger partial charge in [-0.25, -0.2) is 13.4 Å². The van der Waals surface area contributed by atoms with Crippen molar-refractivity contribution in [1.29, 1.82) is 0 Å². The molecule has 1 aromatic carbocycles. The number of pyridine rings is 1. The van der Waals surface area contributed by atoms with Crippen molar-refractivity contribution in [2.45, 2.75) is 63.0 Å². The first-order valence-corrected chi connectivity index (χ1v) is 12.8. The zero-order valence-corrected chi connectivity index (χ0v) is 18.9. The molecule has 2 unspecified atom stereocenters. The predicted molar refractivity (Wildman–Crippen MR) is 117 cm³/mol. The molecule has 3 saturated heterocycles. The molecule has 2 atom stereocenters. The molecule has 2 bridgehead atoms. The first kappa shape index (κ1) is 23.1. The van der Waals surface area contributed by atoms with Gasteiger partial charge < -0.3 is 9.64 Å². The summed E-state index contributed by atoms with van der Waals surface area (Å²) in [5.41, 5.74) is -0.187. The Labute approximate surface area is 193 Å². The van der Waals surface area contributed by atoms with Gasteiger partial charge in [0.1, 0.15) is 17.4 Å². The highest BCUT2D eigenvalue weighted by atomic mass is 32.2. The van der Waals surface area contributed by atoms with Gasteiger partial charge in [0.2, 0.25) is 10.0 Å². The lowest BCUT2D eigenvalue weighted by atomic mass is 9.95. The Balaban J connectivity index is 1.56. The highest BCUT2D eigenvalue weighted by Gasteiger charge is 2.47.